The minimum Gasteiger partial charge on any atom is -0.392 e. The van der Waals surface area contributed by atoms with Gasteiger partial charge in [-0.2, -0.15) is 4.98 Å². The van der Waals surface area contributed by atoms with E-state index in [-0.39, 0.29) is 0 Å². The lowest BCUT2D eigenvalue weighted by molar-refractivity contribution is 0.201. The highest BCUT2D eigenvalue weighted by Gasteiger charge is 2.12. The van der Waals surface area contributed by atoms with Crippen molar-refractivity contribution >= 4 is 22.7 Å². The van der Waals surface area contributed by atoms with Crippen LogP contribution in [0, 0.1) is 0 Å². The molecule has 0 aliphatic heterocycles. The molecular weight excluding hydrogens is 240 g/mol. The summed E-state index contributed by atoms with van der Waals surface area (Å²) in [6.45, 7) is 5.09. The van der Waals surface area contributed by atoms with Crippen molar-refractivity contribution in [3.05, 3.63) is 24.3 Å². The molecule has 1 unspecified atom stereocenters. The predicted octanol–water partition coefficient (Wildman–Crippen LogP) is 1.88. The largest absolute Gasteiger partial charge is 0.392 e. The first kappa shape index (κ1) is 13.5. The van der Waals surface area contributed by atoms with Crippen molar-refractivity contribution in [2.75, 3.05) is 30.4 Å². The van der Waals surface area contributed by atoms with Gasteiger partial charge in [-0.25, -0.2) is 4.98 Å². The van der Waals surface area contributed by atoms with E-state index in [9.17, 15) is 5.11 Å². The van der Waals surface area contributed by atoms with Crippen LogP contribution < -0.4 is 10.2 Å². The van der Waals surface area contributed by atoms with Crippen molar-refractivity contribution in [1.82, 2.24) is 9.97 Å². The SMILES string of the molecule is CCNc1nc(N(C)CC(C)O)c2ccccc2n1. The molecule has 0 aliphatic carbocycles. The van der Waals surface area contributed by atoms with Crippen LogP contribution in [0.25, 0.3) is 10.9 Å². The van der Waals surface area contributed by atoms with Gasteiger partial charge in [0, 0.05) is 25.5 Å². The first-order valence-electron chi connectivity index (χ1n) is 6.51. The summed E-state index contributed by atoms with van der Waals surface area (Å²) in [5.41, 5.74) is 0.904. The van der Waals surface area contributed by atoms with Gasteiger partial charge in [-0.15, -0.1) is 0 Å². The number of aromatic nitrogens is 2. The van der Waals surface area contributed by atoms with Crippen molar-refractivity contribution in [1.29, 1.82) is 0 Å². The highest BCUT2D eigenvalue weighted by molar-refractivity contribution is 5.90. The summed E-state index contributed by atoms with van der Waals surface area (Å²) in [6, 6.07) is 7.90. The van der Waals surface area contributed by atoms with Gasteiger partial charge >= 0.3 is 0 Å². The Labute approximate surface area is 113 Å². The van der Waals surface area contributed by atoms with Crippen LogP contribution in [0.3, 0.4) is 0 Å². The van der Waals surface area contributed by atoms with Crippen LogP contribution in [0.2, 0.25) is 0 Å². The molecule has 2 N–H and O–H groups in total. The average molecular weight is 260 g/mol. The van der Waals surface area contributed by atoms with E-state index in [1.165, 1.54) is 0 Å². The van der Waals surface area contributed by atoms with E-state index in [0.29, 0.717) is 12.5 Å². The van der Waals surface area contributed by atoms with Gasteiger partial charge < -0.3 is 15.3 Å². The maximum atomic E-state index is 9.53. The van der Waals surface area contributed by atoms with Gasteiger partial charge in [0.2, 0.25) is 5.95 Å². The minimum absolute atomic E-state index is 0.402. The minimum atomic E-state index is -0.402. The summed E-state index contributed by atoms with van der Waals surface area (Å²) < 4.78 is 0. The Hall–Kier alpha value is -1.88. The van der Waals surface area contributed by atoms with Gasteiger partial charge in [0.1, 0.15) is 5.82 Å². The number of benzene rings is 1. The van der Waals surface area contributed by atoms with E-state index >= 15 is 0 Å². The number of hydrogen-bond acceptors (Lipinski definition) is 5. The van der Waals surface area contributed by atoms with Gasteiger partial charge in [0.05, 0.1) is 11.6 Å². The number of anilines is 2. The molecular formula is C14H20N4O. The first-order valence-corrected chi connectivity index (χ1v) is 6.51. The lowest BCUT2D eigenvalue weighted by atomic mass is 10.2. The van der Waals surface area contributed by atoms with Gasteiger partial charge in [-0.05, 0) is 26.0 Å². The summed E-state index contributed by atoms with van der Waals surface area (Å²) in [4.78, 5) is 11.0. The number of aliphatic hydroxyl groups is 1. The van der Waals surface area contributed by atoms with Crippen LogP contribution in [0.15, 0.2) is 24.3 Å². The molecule has 1 heterocycles. The Morgan fingerprint density at radius 3 is 2.74 bits per heavy atom. The molecule has 1 atom stereocenters. The topological polar surface area (TPSA) is 61.3 Å². The monoisotopic (exact) mass is 260 g/mol. The molecule has 0 bridgehead atoms. The molecule has 0 radical (unpaired) electrons. The smallest absolute Gasteiger partial charge is 0.225 e. The molecule has 0 amide bonds. The molecule has 0 saturated carbocycles. The number of hydrogen-bond donors (Lipinski definition) is 2. The van der Waals surface area contributed by atoms with E-state index in [2.05, 4.69) is 15.3 Å². The molecule has 0 saturated heterocycles. The molecule has 19 heavy (non-hydrogen) atoms. The Kier molecular flexibility index (Phi) is 4.16. The van der Waals surface area contributed by atoms with Gasteiger partial charge in [0.15, 0.2) is 0 Å². The maximum absolute atomic E-state index is 9.53. The van der Waals surface area contributed by atoms with E-state index < -0.39 is 6.10 Å². The van der Waals surface area contributed by atoms with Crippen LogP contribution in [-0.4, -0.2) is 41.3 Å². The molecule has 1 aromatic heterocycles. The molecule has 0 aliphatic rings. The van der Waals surface area contributed by atoms with Gasteiger partial charge in [-0.1, -0.05) is 12.1 Å². The van der Waals surface area contributed by atoms with Gasteiger partial charge in [-0.3, -0.25) is 0 Å². The fraction of sp³-hybridized carbons (Fsp3) is 0.429. The molecule has 0 spiro atoms. The molecule has 5 heteroatoms. The van der Waals surface area contributed by atoms with E-state index in [1.807, 2.05) is 43.1 Å². The Balaban J connectivity index is 2.49. The molecule has 102 valence electrons. The number of nitrogens with one attached hydrogen (secondary N) is 1. The summed E-state index contributed by atoms with van der Waals surface area (Å²) in [7, 11) is 1.93. The zero-order chi connectivity index (χ0) is 13.8. The quantitative estimate of drug-likeness (QED) is 0.859. The number of para-hydroxylation sites is 1. The van der Waals surface area contributed by atoms with Crippen LogP contribution in [0.1, 0.15) is 13.8 Å². The molecule has 2 rings (SSSR count). The zero-order valence-electron chi connectivity index (χ0n) is 11.6. The van der Waals surface area contributed by atoms with Crippen LogP contribution in [0.5, 0.6) is 0 Å². The predicted molar refractivity (Wildman–Crippen MR) is 78.7 cm³/mol. The maximum Gasteiger partial charge on any atom is 0.225 e. The van der Waals surface area contributed by atoms with Crippen LogP contribution >= 0.6 is 0 Å². The van der Waals surface area contributed by atoms with Crippen molar-refractivity contribution in [2.45, 2.75) is 20.0 Å². The molecule has 1 aromatic carbocycles. The standard InChI is InChI=1S/C14H20N4O/c1-4-15-14-16-12-8-6-5-7-11(12)13(17-14)18(3)9-10(2)19/h5-8,10,19H,4,9H2,1-3H3,(H,15,16,17). The van der Waals surface area contributed by atoms with E-state index in [4.69, 9.17) is 0 Å². The number of rotatable bonds is 5. The van der Waals surface area contributed by atoms with Crippen molar-refractivity contribution < 1.29 is 5.11 Å². The van der Waals surface area contributed by atoms with E-state index in [0.717, 1.165) is 23.3 Å². The Bertz CT molecular complexity index is 556. The zero-order valence-corrected chi connectivity index (χ0v) is 11.6. The molecule has 5 nitrogen and oxygen atoms in total. The molecule has 0 fully saturated rings. The first-order chi connectivity index (χ1) is 9.11. The Morgan fingerprint density at radius 2 is 2.05 bits per heavy atom. The summed E-state index contributed by atoms with van der Waals surface area (Å²) in [5, 5.41) is 13.7. The lowest BCUT2D eigenvalue weighted by Crippen LogP contribution is -2.28. The highest BCUT2D eigenvalue weighted by atomic mass is 16.3. The lowest BCUT2D eigenvalue weighted by Gasteiger charge is -2.21. The molecule has 2 aromatic rings. The second-order valence-corrected chi connectivity index (χ2v) is 4.65. The van der Waals surface area contributed by atoms with Gasteiger partial charge in [0.25, 0.3) is 0 Å². The summed E-state index contributed by atoms with van der Waals surface area (Å²) in [6.07, 6.45) is -0.402. The third-order valence-corrected chi connectivity index (χ3v) is 2.82. The number of nitrogens with zero attached hydrogens (tertiary/aromatic N) is 3. The Morgan fingerprint density at radius 1 is 1.32 bits per heavy atom. The second-order valence-electron chi connectivity index (χ2n) is 4.65. The number of fused-ring (bicyclic) bond motifs is 1. The average Bonchev–Trinajstić information content (AvgIpc) is 2.37. The fourth-order valence-corrected chi connectivity index (χ4v) is 2.07. The summed E-state index contributed by atoms with van der Waals surface area (Å²) in [5.74, 6) is 1.45. The fourth-order valence-electron chi connectivity index (χ4n) is 2.07. The van der Waals surface area contributed by atoms with Crippen LogP contribution in [0.4, 0.5) is 11.8 Å². The second kappa shape index (κ2) is 5.84. The highest BCUT2D eigenvalue weighted by Crippen LogP contribution is 2.24. The van der Waals surface area contributed by atoms with E-state index in [1.54, 1.807) is 6.92 Å². The van der Waals surface area contributed by atoms with Crippen molar-refractivity contribution in [3.63, 3.8) is 0 Å². The number of likely N-dealkylation sites (N-methyl/N-ethyl adjacent to an activating group) is 1. The summed E-state index contributed by atoms with van der Waals surface area (Å²) >= 11 is 0. The van der Waals surface area contributed by atoms with Crippen LogP contribution in [-0.2, 0) is 0 Å². The third kappa shape index (κ3) is 3.12. The van der Waals surface area contributed by atoms with Crippen molar-refractivity contribution in [3.8, 4) is 0 Å². The number of aliphatic hydroxyl groups excluding tert-OH is 1. The normalized spacial score (nSPS) is 12.4. The van der Waals surface area contributed by atoms with Crippen molar-refractivity contribution in [2.24, 2.45) is 0 Å². The third-order valence-electron chi connectivity index (χ3n) is 2.82.